The zero-order valence-electron chi connectivity index (χ0n) is 8.40. The van der Waals surface area contributed by atoms with Crippen molar-refractivity contribution in [2.75, 3.05) is 6.54 Å². The molecule has 2 aliphatic rings. The Morgan fingerprint density at radius 1 is 1.38 bits per heavy atom. The summed E-state index contributed by atoms with van der Waals surface area (Å²) in [6, 6.07) is 0.317. The average Bonchev–Trinajstić information content (AvgIpc) is 2.61. The number of hydrogen-bond donors (Lipinski definition) is 2. The molecule has 2 heteroatoms. The number of hydrogen-bond acceptors (Lipinski definition) is 2. The van der Waals surface area contributed by atoms with Crippen molar-refractivity contribution in [1.82, 2.24) is 5.32 Å². The van der Waals surface area contributed by atoms with Gasteiger partial charge in [0.25, 0.3) is 0 Å². The predicted octanol–water partition coefficient (Wildman–Crippen LogP) is 1.17. The van der Waals surface area contributed by atoms with E-state index in [1.54, 1.807) is 0 Å². The quantitative estimate of drug-likeness (QED) is 0.641. The van der Waals surface area contributed by atoms with Crippen LogP contribution in [0.1, 0.15) is 20.3 Å². The van der Waals surface area contributed by atoms with Gasteiger partial charge in [-0.05, 0) is 24.8 Å². The summed E-state index contributed by atoms with van der Waals surface area (Å²) in [5.74, 6) is 1.67. The van der Waals surface area contributed by atoms with Gasteiger partial charge in [-0.3, -0.25) is 0 Å². The SMILES string of the molecule is CC(C)CNC1C2C=CC(C2)C1O. The van der Waals surface area contributed by atoms with Crippen LogP contribution in [0.15, 0.2) is 12.2 Å². The van der Waals surface area contributed by atoms with E-state index in [9.17, 15) is 5.11 Å². The molecule has 0 aromatic rings. The maximum absolute atomic E-state index is 9.88. The average molecular weight is 181 g/mol. The molecule has 0 spiro atoms. The highest BCUT2D eigenvalue weighted by molar-refractivity contribution is 5.16. The van der Waals surface area contributed by atoms with E-state index in [1.807, 2.05) is 0 Å². The lowest BCUT2D eigenvalue weighted by atomic mass is 9.98. The molecule has 0 aromatic carbocycles. The van der Waals surface area contributed by atoms with Gasteiger partial charge in [0.15, 0.2) is 0 Å². The Bertz CT molecular complexity index is 212. The smallest absolute Gasteiger partial charge is 0.0761 e. The fraction of sp³-hybridized carbons (Fsp3) is 0.818. The summed E-state index contributed by atoms with van der Waals surface area (Å²) in [6.45, 7) is 5.41. The fourth-order valence-corrected chi connectivity index (χ4v) is 2.44. The molecule has 2 nitrogen and oxygen atoms in total. The van der Waals surface area contributed by atoms with Crippen LogP contribution in [0.5, 0.6) is 0 Å². The number of rotatable bonds is 3. The van der Waals surface area contributed by atoms with Crippen molar-refractivity contribution >= 4 is 0 Å². The molecule has 74 valence electrons. The Labute approximate surface area is 80.0 Å². The van der Waals surface area contributed by atoms with E-state index in [1.165, 1.54) is 0 Å². The largest absolute Gasteiger partial charge is 0.391 e. The van der Waals surface area contributed by atoms with Crippen molar-refractivity contribution in [3.63, 3.8) is 0 Å². The van der Waals surface area contributed by atoms with E-state index >= 15 is 0 Å². The molecule has 0 heterocycles. The Hall–Kier alpha value is -0.340. The third kappa shape index (κ3) is 1.65. The van der Waals surface area contributed by atoms with Gasteiger partial charge in [-0.25, -0.2) is 0 Å². The lowest BCUT2D eigenvalue weighted by Crippen LogP contribution is -2.44. The summed E-state index contributed by atoms with van der Waals surface area (Å²) in [5.41, 5.74) is 0. The van der Waals surface area contributed by atoms with E-state index < -0.39 is 0 Å². The maximum atomic E-state index is 9.88. The van der Waals surface area contributed by atoms with Crippen molar-refractivity contribution < 1.29 is 5.11 Å². The molecule has 13 heavy (non-hydrogen) atoms. The van der Waals surface area contributed by atoms with Crippen LogP contribution in [0.3, 0.4) is 0 Å². The van der Waals surface area contributed by atoms with Gasteiger partial charge in [-0.15, -0.1) is 0 Å². The Morgan fingerprint density at radius 3 is 2.62 bits per heavy atom. The first kappa shape index (κ1) is 9.22. The van der Waals surface area contributed by atoms with Crippen molar-refractivity contribution in [3.8, 4) is 0 Å². The summed E-state index contributed by atoms with van der Waals surface area (Å²) in [4.78, 5) is 0. The van der Waals surface area contributed by atoms with Crippen LogP contribution in [0.2, 0.25) is 0 Å². The highest BCUT2D eigenvalue weighted by Crippen LogP contribution is 2.39. The van der Waals surface area contributed by atoms with E-state index in [0.717, 1.165) is 13.0 Å². The van der Waals surface area contributed by atoms with Crippen molar-refractivity contribution in [1.29, 1.82) is 0 Å². The van der Waals surface area contributed by atoms with Crippen LogP contribution >= 0.6 is 0 Å². The Balaban J connectivity index is 1.90. The number of aliphatic hydroxyl groups excluding tert-OH is 1. The first-order valence-corrected chi connectivity index (χ1v) is 5.28. The third-order valence-electron chi connectivity index (χ3n) is 3.18. The van der Waals surface area contributed by atoms with Gasteiger partial charge in [-0.2, -0.15) is 0 Å². The number of aliphatic hydroxyl groups is 1. The minimum Gasteiger partial charge on any atom is -0.391 e. The second-order valence-electron chi connectivity index (χ2n) is 4.77. The molecule has 1 saturated carbocycles. The number of fused-ring (bicyclic) bond motifs is 2. The molecule has 0 aromatic heterocycles. The van der Waals surface area contributed by atoms with Gasteiger partial charge >= 0.3 is 0 Å². The van der Waals surface area contributed by atoms with Crippen LogP contribution in [-0.2, 0) is 0 Å². The predicted molar refractivity (Wildman–Crippen MR) is 53.4 cm³/mol. The highest BCUT2D eigenvalue weighted by Gasteiger charge is 2.43. The molecule has 1 fully saturated rings. The monoisotopic (exact) mass is 181 g/mol. The highest BCUT2D eigenvalue weighted by atomic mass is 16.3. The fourth-order valence-electron chi connectivity index (χ4n) is 2.44. The van der Waals surface area contributed by atoms with Crippen LogP contribution in [-0.4, -0.2) is 23.8 Å². The molecule has 0 aliphatic heterocycles. The summed E-state index contributed by atoms with van der Waals surface area (Å²) >= 11 is 0. The summed E-state index contributed by atoms with van der Waals surface area (Å²) in [6.07, 6.45) is 5.43. The Kier molecular flexibility index (Phi) is 2.43. The van der Waals surface area contributed by atoms with Gasteiger partial charge < -0.3 is 10.4 Å². The van der Waals surface area contributed by atoms with Gasteiger partial charge in [0.1, 0.15) is 0 Å². The van der Waals surface area contributed by atoms with Crippen molar-refractivity contribution in [3.05, 3.63) is 12.2 Å². The molecule has 2 bridgehead atoms. The molecule has 4 atom stereocenters. The van der Waals surface area contributed by atoms with Crippen molar-refractivity contribution in [2.45, 2.75) is 32.4 Å². The summed E-state index contributed by atoms with van der Waals surface area (Å²) < 4.78 is 0. The molecule has 0 radical (unpaired) electrons. The lowest BCUT2D eigenvalue weighted by molar-refractivity contribution is 0.113. The van der Waals surface area contributed by atoms with E-state index in [4.69, 9.17) is 0 Å². The van der Waals surface area contributed by atoms with Crippen LogP contribution in [0.4, 0.5) is 0 Å². The van der Waals surface area contributed by atoms with E-state index in [2.05, 4.69) is 31.3 Å². The molecule has 2 N–H and O–H groups in total. The minimum absolute atomic E-state index is 0.145. The van der Waals surface area contributed by atoms with Crippen LogP contribution < -0.4 is 5.32 Å². The lowest BCUT2D eigenvalue weighted by Gasteiger charge is -2.25. The van der Waals surface area contributed by atoms with Gasteiger partial charge in [0.05, 0.1) is 6.10 Å². The minimum atomic E-state index is -0.145. The van der Waals surface area contributed by atoms with E-state index in [-0.39, 0.29) is 6.10 Å². The number of nitrogens with one attached hydrogen (secondary N) is 1. The second-order valence-corrected chi connectivity index (χ2v) is 4.77. The zero-order valence-corrected chi connectivity index (χ0v) is 8.40. The third-order valence-corrected chi connectivity index (χ3v) is 3.18. The van der Waals surface area contributed by atoms with Crippen LogP contribution in [0, 0.1) is 17.8 Å². The first-order valence-electron chi connectivity index (χ1n) is 5.28. The van der Waals surface area contributed by atoms with Gasteiger partial charge in [0.2, 0.25) is 0 Å². The van der Waals surface area contributed by atoms with Crippen molar-refractivity contribution in [2.24, 2.45) is 17.8 Å². The molecule has 0 saturated heterocycles. The van der Waals surface area contributed by atoms with Crippen LogP contribution in [0.25, 0.3) is 0 Å². The molecule has 2 rings (SSSR count). The standard InChI is InChI=1S/C11H19NO/c1-7(2)6-12-10-8-3-4-9(5-8)11(10)13/h3-4,7-13H,5-6H2,1-2H3. The first-order chi connectivity index (χ1) is 6.18. The molecular formula is C11H19NO. The summed E-state index contributed by atoms with van der Waals surface area (Å²) in [5, 5.41) is 13.3. The summed E-state index contributed by atoms with van der Waals surface area (Å²) in [7, 11) is 0. The molecule has 2 aliphatic carbocycles. The van der Waals surface area contributed by atoms with Gasteiger partial charge in [0, 0.05) is 12.0 Å². The topological polar surface area (TPSA) is 32.3 Å². The van der Waals surface area contributed by atoms with Gasteiger partial charge in [-0.1, -0.05) is 26.0 Å². The maximum Gasteiger partial charge on any atom is 0.0761 e. The molecule has 0 amide bonds. The Morgan fingerprint density at radius 2 is 2.08 bits per heavy atom. The normalized spacial score (nSPS) is 42.2. The second kappa shape index (κ2) is 3.43. The molecular weight excluding hydrogens is 162 g/mol. The zero-order chi connectivity index (χ0) is 9.42. The van der Waals surface area contributed by atoms with E-state index in [0.29, 0.717) is 23.8 Å². The molecule has 4 unspecified atom stereocenters.